The van der Waals surface area contributed by atoms with Gasteiger partial charge in [-0.2, -0.15) is 5.32 Å². The van der Waals surface area contributed by atoms with Crippen molar-refractivity contribution in [2.75, 3.05) is 19.1 Å². The van der Waals surface area contributed by atoms with Gasteiger partial charge in [-0.1, -0.05) is 30.3 Å². The second kappa shape index (κ2) is 6.95. The number of amides is 2. The fourth-order valence-corrected chi connectivity index (χ4v) is 2.92. The third-order valence-electron chi connectivity index (χ3n) is 4.29. The van der Waals surface area contributed by atoms with Crippen LogP contribution in [0.25, 0.3) is 11.3 Å². The lowest BCUT2D eigenvalue weighted by atomic mass is 10.1. The third-order valence-corrected chi connectivity index (χ3v) is 4.29. The molecule has 0 unspecified atom stereocenters. The van der Waals surface area contributed by atoms with Gasteiger partial charge in [-0.25, -0.2) is 14.8 Å². The van der Waals surface area contributed by atoms with E-state index in [0.29, 0.717) is 35.4 Å². The first kappa shape index (κ1) is 16.8. The summed E-state index contributed by atoms with van der Waals surface area (Å²) in [7, 11) is 3.18. The molecule has 1 aliphatic rings. The van der Waals surface area contributed by atoms with Gasteiger partial charge in [-0.3, -0.25) is 4.90 Å². The van der Waals surface area contributed by atoms with E-state index in [2.05, 4.69) is 15.3 Å². The second-order valence-corrected chi connectivity index (χ2v) is 5.93. The number of nitrogens with zero attached hydrogens (tertiary/aromatic N) is 4. The molecule has 135 valence electrons. The van der Waals surface area contributed by atoms with Crippen molar-refractivity contribution in [3.63, 3.8) is 0 Å². The molecule has 2 heterocycles. The first-order chi connectivity index (χ1) is 13.2. The first-order valence-electron chi connectivity index (χ1n) is 8.36. The maximum absolute atomic E-state index is 12.3. The molecule has 0 atom stereocenters. The third kappa shape index (κ3) is 3.15. The maximum atomic E-state index is 12.3. The molecule has 0 N–H and O–H groups in total. The Kier molecular flexibility index (Phi) is 4.33. The van der Waals surface area contributed by atoms with E-state index in [1.54, 1.807) is 26.5 Å². The van der Waals surface area contributed by atoms with Crippen molar-refractivity contribution in [2.45, 2.75) is 6.54 Å². The van der Waals surface area contributed by atoms with Gasteiger partial charge in [0.2, 0.25) is 5.82 Å². The maximum Gasteiger partial charge on any atom is 0.351 e. The summed E-state index contributed by atoms with van der Waals surface area (Å²) in [5.41, 5.74) is 2.34. The number of hydrogen-bond acceptors (Lipinski definition) is 5. The average Bonchev–Trinajstić information content (AvgIpc) is 3.02. The van der Waals surface area contributed by atoms with E-state index in [-0.39, 0.29) is 6.03 Å². The Labute approximate surface area is 156 Å². The number of aromatic nitrogens is 2. The molecular weight excluding hydrogens is 344 g/mol. The van der Waals surface area contributed by atoms with Crippen molar-refractivity contribution in [1.29, 1.82) is 0 Å². The lowest BCUT2D eigenvalue weighted by Crippen LogP contribution is -2.28. The Bertz CT molecular complexity index is 992. The summed E-state index contributed by atoms with van der Waals surface area (Å²) in [4.78, 5) is 22.8. The molecule has 2 aromatic carbocycles. The second-order valence-electron chi connectivity index (χ2n) is 5.93. The highest BCUT2D eigenvalue weighted by Gasteiger charge is 2.32. The largest absolute Gasteiger partial charge is 0.497 e. The molecule has 0 spiro atoms. The molecule has 1 aromatic heterocycles. The molecule has 0 fully saturated rings. The minimum Gasteiger partial charge on any atom is -0.497 e. The van der Waals surface area contributed by atoms with E-state index >= 15 is 0 Å². The van der Waals surface area contributed by atoms with Gasteiger partial charge in [-0.05, 0) is 17.7 Å². The van der Waals surface area contributed by atoms with Crippen molar-refractivity contribution < 1.29 is 14.3 Å². The van der Waals surface area contributed by atoms with E-state index in [4.69, 9.17) is 9.47 Å². The number of urea groups is 1. The number of methoxy groups -OCH3 is 2. The number of anilines is 1. The Morgan fingerprint density at radius 2 is 1.85 bits per heavy atom. The summed E-state index contributed by atoms with van der Waals surface area (Å²) >= 11 is 0. The van der Waals surface area contributed by atoms with Crippen LogP contribution < -0.4 is 19.7 Å². The standard InChI is InChI=1S/C20H17N4O3/c1-26-14-8-9-15(17(10-14)27-2)16-11-21-18-19(22-16)24(20(25)23-18)12-13-6-4-3-5-7-13/h3-11H,12H2,1-2H3. The van der Waals surface area contributed by atoms with Gasteiger partial charge in [0.1, 0.15) is 11.5 Å². The highest BCUT2D eigenvalue weighted by atomic mass is 16.5. The molecule has 2 amide bonds. The van der Waals surface area contributed by atoms with Crippen LogP contribution in [0.4, 0.5) is 16.4 Å². The molecule has 0 bridgehead atoms. The number of ether oxygens (including phenoxy) is 2. The van der Waals surface area contributed by atoms with Crippen LogP contribution in [0.15, 0.2) is 54.7 Å². The number of carbonyl (C=O) groups excluding carboxylic acids is 1. The van der Waals surface area contributed by atoms with E-state index in [1.165, 1.54) is 4.90 Å². The Morgan fingerprint density at radius 3 is 2.59 bits per heavy atom. The van der Waals surface area contributed by atoms with Crippen LogP contribution in [-0.4, -0.2) is 30.2 Å². The molecule has 0 aliphatic carbocycles. The first-order valence-corrected chi connectivity index (χ1v) is 8.36. The van der Waals surface area contributed by atoms with Crippen molar-refractivity contribution in [3.8, 4) is 22.8 Å². The molecule has 4 rings (SSSR count). The minimum atomic E-state index is -0.368. The van der Waals surface area contributed by atoms with Crippen LogP contribution in [0.2, 0.25) is 0 Å². The summed E-state index contributed by atoms with van der Waals surface area (Å²) in [5, 5.41) is 4.00. The number of hydrogen-bond donors (Lipinski definition) is 0. The van der Waals surface area contributed by atoms with E-state index < -0.39 is 0 Å². The predicted molar refractivity (Wildman–Crippen MR) is 100 cm³/mol. The summed E-state index contributed by atoms with van der Waals surface area (Å²) < 4.78 is 10.7. The molecule has 1 radical (unpaired) electrons. The molecule has 0 saturated carbocycles. The smallest absolute Gasteiger partial charge is 0.351 e. The summed E-state index contributed by atoms with van der Waals surface area (Å²) in [6.45, 7) is 0.383. The van der Waals surface area contributed by atoms with Crippen LogP contribution >= 0.6 is 0 Å². The highest BCUT2D eigenvalue weighted by Crippen LogP contribution is 2.36. The minimum absolute atomic E-state index is 0.326. The summed E-state index contributed by atoms with van der Waals surface area (Å²) in [5.74, 6) is 2.06. The Hall–Kier alpha value is -3.61. The van der Waals surface area contributed by atoms with Crippen molar-refractivity contribution >= 4 is 17.7 Å². The van der Waals surface area contributed by atoms with Crippen molar-refractivity contribution in [3.05, 3.63) is 60.3 Å². The molecule has 0 saturated heterocycles. The summed E-state index contributed by atoms with van der Waals surface area (Å²) in [6, 6.07) is 14.8. The van der Waals surface area contributed by atoms with E-state index in [1.807, 2.05) is 42.5 Å². The number of fused-ring (bicyclic) bond motifs is 1. The Morgan fingerprint density at radius 1 is 1.04 bits per heavy atom. The van der Waals surface area contributed by atoms with Crippen molar-refractivity contribution in [2.24, 2.45) is 0 Å². The lowest BCUT2D eigenvalue weighted by Gasteiger charge is -2.15. The SMILES string of the molecule is COc1ccc(-c2cnc3c(n2)N(Cc2ccccc2)C(=O)[N]3)c(OC)c1. The molecular formula is C20H17N4O3. The topological polar surface area (TPSA) is 78.7 Å². The number of rotatable bonds is 5. The molecule has 27 heavy (non-hydrogen) atoms. The lowest BCUT2D eigenvalue weighted by molar-refractivity contribution is 0.250. The van der Waals surface area contributed by atoms with Crippen molar-refractivity contribution in [1.82, 2.24) is 15.3 Å². The average molecular weight is 361 g/mol. The number of carbonyl (C=O) groups is 1. The molecule has 1 aliphatic heterocycles. The van der Waals surface area contributed by atoms with Crippen LogP contribution in [-0.2, 0) is 6.54 Å². The zero-order chi connectivity index (χ0) is 18.8. The van der Waals surface area contributed by atoms with Crippen LogP contribution in [0.3, 0.4) is 0 Å². The quantitative estimate of drug-likeness (QED) is 0.694. The van der Waals surface area contributed by atoms with E-state index in [0.717, 1.165) is 11.1 Å². The van der Waals surface area contributed by atoms with Gasteiger partial charge in [0.05, 0.1) is 32.7 Å². The molecule has 7 nitrogen and oxygen atoms in total. The highest BCUT2D eigenvalue weighted by molar-refractivity contribution is 6.02. The van der Waals surface area contributed by atoms with Gasteiger partial charge in [0.25, 0.3) is 0 Å². The molecule has 3 aromatic rings. The van der Waals surface area contributed by atoms with Gasteiger partial charge >= 0.3 is 6.03 Å². The van der Waals surface area contributed by atoms with Gasteiger partial charge < -0.3 is 9.47 Å². The normalized spacial score (nSPS) is 12.5. The number of benzene rings is 2. The fraction of sp³-hybridized carbons (Fsp3) is 0.150. The van der Waals surface area contributed by atoms with Crippen LogP contribution in [0.1, 0.15) is 5.56 Å². The van der Waals surface area contributed by atoms with Gasteiger partial charge in [-0.15, -0.1) is 0 Å². The van der Waals surface area contributed by atoms with Crippen LogP contribution in [0, 0.1) is 0 Å². The summed E-state index contributed by atoms with van der Waals surface area (Å²) in [6.07, 6.45) is 1.59. The van der Waals surface area contributed by atoms with Gasteiger partial charge in [0, 0.05) is 11.6 Å². The fourth-order valence-electron chi connectivity index (χ4n) is 2.92. The monoisotopic (exact) mass is 361 g/mol. The zero-order valence-corrected chi connectivity index (χ0v) is 14.9. The van der Waals surface area contributed by atoms with Crippen LogP contribution in [0.5, 0.6) is 11.5 Å². The zero-order valence-electron chi connectivity index (χ0n) is 14.9. The Balaban J connectivity index is 1.72. The predicted octanol–water partition coefficient (Wildman–Crippen LogP) is 3.54. The van der Waals surface area contributed by atoms with Gasteiger partial charge in [0.15, 0.2) is 5.82 Å². The van der Waals surface area contributed by atoms with E-state index in [9.17, 15) is 4.79 Å². The molecule has 7 heteroatoms.